The van der Waals surface area contributed by atoms with Crippen molar-refractivity contribution in [3.05, 3.63) is 36.8 Å². The molecular formula is C18H23N5O2S. The molecule has 138 valence electrons. The second-order valence-corrected chi connectivity index (χ2v) is 6.89. The van der Waals surface area contributed by atoms with Gasteiger partial charge in [0.2, 0.25) is 0 Å². The minimum Gasteiger partial charge on any atom is -0.383 e. The van der Waals surface area contributed by atoms with E-state index in [1.807, 2.05) is 30.1 Å². The standard InChI is InChI=1S/C18H23N5O2S/c1-3-19-18(24)22(9-10-25-2)7-8-23-13-14(12-21-23)17-11-15-16(26-17)5-4-6-20-15/h4-6,11-13H,3,7-10H2,1-2H3,(H,19,24). The van der Waals surface area contributed by atoms with Crippen molar-refractivity contribution in [1.29, 1.82) is 0 Å². The molecule has 1 N–H and O–H groups in total. The van der Waals surface area contributed by atoms with Crippen LogP contribution in [0.4, 0.5) is 4.79 Å². The molecule has 0 fully saturated rings. The van der Waals surface area contributed by atoms with E-state index in [0.717, 1.165) is 20.7 Å². The lowest BCUT2D eigenvalue weighted by atomic mass is 10.3. The zero-order chi connectivity index (χ0) is 18.4. The normalized spacial score (nSPS) is 11.0. The predicted molar refractivity (Wildman–Crippen MR) is 103 cm³/mol. The van der Waals surface area contributed by atoms with Gasteiger partial charge < -0.3 is 15.0 Å². The van der Waals surface area contributed by atoms with Crippen LogP contribution in [0.25, 0.3) is 20.7 Å². The smallest absolute Gasteiger partial charge is 0.317 e. The minimum absolute atomic E-state index is 0.0764. The zero-order valence-electron chi connectivity index (χ0n) is 15.0. The first-order chi connectivity index (χ1) is 12.7. The van der Waals surface area contributed by atoms with Gasteiger partial charge in [-0.15, -0.1) is 11.3 Å². The van der Waals surface area contributed by atoms with E-state index in [1.54, 1.807) is 29.5 Å². The number of amides is 2. The number of carbonyl (C=O) groups excluding carboxylic acids is 1. The largest absolute Gasteiger partial charge is 0.383 e. The number of urea groups is 1. The van der Waals surface area contributed by atoms with Crippen LogP contribution in [-0.2, 0) is 11.3 Å². The lowest BCUT2D eigenvalue weighted by molar-refractivity contribution is 0.147. The molecule has 0 saturated heterocycles. The Bertz CT molecular complexity index is 827. The van der Waals surface area contributed by atoms with Gasteiger partial charge in [-0.05, 0) is 25.1 Å². The Balaban J connectivity index is 1.66. The summed E-state index contributed by atoms with van der Waals surface area (Å²) in [5.74, 6) is 0. The van der Waals surface area contributed by atoms with Crippen LogP contribution in [0, 0.1) is 0 Å². The maximum absolute atomic E-state index is 12.1. The Kier molecular flexibility index (Phi) is 6.19. The minimum atomic E-state index is -0.0764. The molecule has 26 heavy (non-hydrogen) atoms. The van der Waals surface area contributed by atoms with Gasteiger partial charge in [0, 0.05) is 49.6 Å². The van der Waals surface area contributed by atoms with Gasteiger partial charge in [-0.2, -0.15) is 5.10 Å². The van der Waals surface area contributed by atoms with Crippen LogP contribution in [0.15, 0.2) is 36.8 Å². The summed E-state index contributed by atoms with van der Waals surface area (Å²) in [5.41, 5.74) is 2.07. The molecule has 0 atom stereocenters. The van der Waals surface area contributed by atoms with Crippen molar-refractivity contribution in [2.75, 3.05) is 33.4 Å². The molecule has 7 nitrogen and oxygen atoms in total. The fourth-order valence-corrected chi connectivity index (χ4v) is 3.62. The second kappa shape index (κ2) is 8.77. The van der Waals surface area contributed by atoms with E-state index in [2.05, 4.69) is 27.5 Å². The van der Waals surface area contributed by atoms with Gasteiger partial charge in [0.1, 0.15) is 0 Å². The quantitative estimate of drug-likeness (QED) is 0.659. The molecule has 0 aliphatic rings. The Labute approximate surface area is 156 Å². The van der Waals surface area contributed by atoms with Gasteiger partial charge >= 0.3 is 6.03 Å². The number of ether oxygens (including phenoxy) is 1. The number of rotatable bonds is 8. The molecule has 0 aromatic carbocycles. The van der Waals surface area contributed by atoms with Gasteiger partial charge in [0.15, 0.2) is 0 Å². The first-order valence-electron chi connectivity index (χ1n) is 8.60. The number of fused-ring (bicyclic) bond motifs is 1. The number of thiophene rings is 1. The van der Waals surface area contributed by atoms with Crippen LogP contribution in [0.1, 0.15) is 6.92 Å². The first-order valence-corrected chi connectivity index (χ1v) is 9.42. The van der Waals surface area contributed by atoms with Crippen molar-refractivity contribution in [3.8, 4) is 10.4 Å². The molecule has 2 amide bonds. The molecule has 3 aromatic rings. The van der Waals surface area contributed by atoms with Crippen LogP contribution < -0.4 is 5.32 Å². The topological polar surface area (TPSA) is 72.3 Å². The first kappa shape index (κ1) is 18.3. The molecule has 0 aliphatic heterocycles. The number of nitrogens with one attached hydrogen (secondary N) is 1. The molecular weight excluding hydrogens is 350 g/mol. The number of methoxy groups -OCH3 is 1. The number of pyridine rings is 1. The Morgan fingerprint density at radius 3 is 3.08 bits per heavy atom. The summed E-state index contributed by atoms with van der Waals surface area (Å²) in [4.78, 5) is 19.4. The Morgan fingerprint density at radius 1 is 1.42 bits per heavy atom. The molecule has 0 unspecified atom stereocenters. The lowest BCUT2D eigenvalue weighted by Gasteiger charge is -2.22. The maximum Gasteiger partial charge on any atom is 0.317 e. The zero-order valence-corrected chi connectivity index (χ0v) is 15.8. The van der Waals surface area contributed by atoms with Crippen LogP contribution in [-0.4, -0.2) is 59.0 Å². The molecule has 3 aromatic heterocycles. The molecule has 0 saturated carbocycles. The summed E-state index contributed by atoms with van der Waals surface area (Å²) in [7, 11) is 1.63. The van der Waals surface area contributed by atoms with E-state index in [9.17, 15) is 4.79 Å². The van der Waals surface area contributed by atoms with Gasteiger partial charge in [0.25, 0.3) is 0 Å². The van der Waals surface area contributed by atoms with Crippen molar-refractivity contribution < 1.29 is 9.53 Å². The average molecular weight is 373 g/mol. The van der Waals surface area contributed by atoms with E-state index in [0.29, 0.717) is 32.8 Å². The molecule has 0 bridgehead atoms. The Morgan fingerprint density at radius 2 is 2.31 bits per heavy atom. The van der Waals surface area contributed by atoms with Crippen LogP contribution in [0.3, 0.4) is 0 Å². The Hall–Kier alpha value is -2.45. The van der Waals surface area contributed by atoms with Crippen molar-refractivity contribution in [2.24, 2.45) is 0 Å². The van der Waals surface area contributed by atoms with Crippen LogP contribution in [0.2, 0.25) is 0 Å². The molecule has 8 heteroatoms. The van der Waals surface area contributed by atoms with E-state index in [4.69, 9.17) is 4.74 Å². The third kappa shape index (κ3) is 4.39. The summed E-state index contributed by atoms with van der Waals surface area (Å²) in [6.07, 6.45) is 5.67. The average Bonchev–Trinajstić information content (AvgIpc) is 3.28. The summed E-state index contributed by atoms with van der Waals surface area (Å²) in [6, 6.07) is 6.02. The molecule has 0 spiro atoms. The second-order valence-electron chi connectivity index (χ2n) is 5.80. The van der Waals surface area contributed by atoms with Gasteiger partial charge in [-0.25, -0.2) is 4.79 Å². The van der Waals surface area contributed by atoms with E-state index in [-0.39, 0.29) is 6.03 Å². The van der Waals surface area contributed by atoms with Crippen LogP contribution in [0.5, 0.6) is 0 Å². The van der Waals surface area contributed by atoms with E-state index in [1.165, 1.54) is 0 Å². The van der Waals surface area contributed by atoms with Crippen molar-refractivity contribution in [3.63, 3.8) is 0 Å². The highest BCUT2D eigenvalue weighted by Gasteiger charge is 2.13. The van der Waals surface area contributed by atoms with Crippen molar-refractivity contribution in [2.45, 2.75) is 13.5 Å². The summed E-state index contributed by atoms with van der Waals surface area (Å²) >= 11 is 1.70. The summed E-state index contributed by atoms with van der Waals surface area (Å²) in [6.45, 7) is 4.78. The highest BCUT2D eigenvalue weighted by Crippen LogP contribution is 2.31. The maximum atomic E-state index is 12.1. The van der Waals surface area contributed by atoms with Crippen LogP contribution >= 0.6 is 11.3 Å². The third-order valence-corrected chi connectivity index (χ3v) is 5.12. The lowest BCUT2D eigenvalue weighted by Crippen LogP contribution is -2.43. The number of aromatic nitrogens is 3. The predicted octanol–water partition coefficient (Wildman–Crippen LogP) is 2.84. The summed E-state index contributed by atoms with van der Waals surface area (Å²) in [5, 5.41) is 7.27. The van der Waals surface area contributed by atoms with Gasteiger partial charge in [0.05, 0.1) is 29.6 Å². The fraction of sp³-hybridized carbons (Fsp3) is 0.389. The van der Waals surface area contributed by atoms with E-state index >= 15 is 0 Å². The van der Waals surface area contributed by atoms with Crippen molar-refractivity contribution in [1.82, 2.24) is 25.0 Å². The highest BCUT2D eigenvalue weighted by molar-refractivity contribution is 7.22. The fourth-order valence-electron chi connectivity index (χ4n) is 2.63. The van der Waals surface area contributed by atoms with Gasteiger partial charge in [-0.3, -0.25) is 9.67 Å². The van der Waals surface area contributed by atoms with E-state index < -0.39 is 0 Å². The molecule has 0 aliphatic carbocycles. The highest BCUT2D eigenvalue weighted by atomic mass is 32.1. The number of hydrogen-bond donors (Lipinski definition) is 1. The number of carbonyl (C=O) groups is 1. The van der Waals surface area contributed by atoms with Crippen molar-refractivity contribution >= 4 is 27.6 Å². The molecule has 3 rings (SSSR count). The SMILES string of the molecule is CCNC(=O)N(CCOC)CCn1cc(-c2cc3ncccc3s2)cn1. The molecule has 3 heterocycles. The molecule has 0 radical (unpaired) electrons. The number of nitrogens with zero attached hydrogens (tertiary/aromatic N) is 4. The summed E-state index contributed by atoms with van der Waals surface area (Å²) < 4.78 is 8.13. The number of hydrogen-bond acceptors (Lipinski definition) is 5. The van der Waals surface area contributed by atoms with Gasteiger partial charge in [-0.1, -0.05) is 0 Å². The third-order valence-electron chi connectivity index (χ3n) is 3.98. The monoisotopic (exact) mass is 373 g/mol.